The lowest BCUT2D eigenvalue weighted by Gasteiger charge is -2.38. The summed E-state index contributed by atoms with van der Waals surface area (Å²) in [6.07, 6.45) is 4.91. The highest BCUT2D eigenvalue weighted by molar-refractivity contribution is 5.75. The molecule has 2 rings (SSSR count). The molecule has 21 heavy (non-hydrogen) atoms. The molecule has 0 aliphatic carbocycles. The number of hydrogen-bond donors (Lipinski definition) is 2. The first kappa shape index (κ1) is 16.1. The molecule has 2 bridgehead atoms. The summed E-state index contributed by atoms with van der Waals surface area (Å²) in [5.74, 6) is -0.487. The van der Waals surface area contributed by atoms with Crippen LogP contribution in [0.5, 0.6) is 0 Å². The summed E-state index contributed by atoms with van der Waals surface area (Å²) in [6, 6.07) is 0.513. The summed E-state index contributed by atoms with van der Waals surface area (Å²) in [5.41, 5.74) is 0. The van der Waals surface area contributed by atoms with Crippen molar-refractivity contribution in [3.63, 3.8) is 0 Å². The van der Waals surface area contributed by atoms with E-state index in [0.29, 0.717) is 6.54 Å². The Morgan fingerprint density at radius 1 is 1.24 bits per heavy atom. The van der Waals surface area contributed by atoms with Gasteiger partial charge in [-0.3, -0.25) is 4.79 Å². The van der Waals surface area contributed by atoms with Gasteiger partial charge in [0.15, 0.2) is 0 Å². The highest BCUT2D eigenvalue weighted by Gasteiger charge is 2.43. The van der Waals surface area contributed by atoms with Gasteiger partial charge < -0.3 is 20.2 Å². The van der Waals surface area contributed by atoms with Gasteiger partial charge in [-0.05, 0) is 58.7 Å². The molecule has 2 heterocycles. The zero-order chi connectivity index (χ0) is 15.4. The average molecular weight is 297 g/mol. The number of aliphatic carboxylic acids is 1. The number of carbonyl (C=O) groups is 2. The molecule has 2 atom stereocenters. The van der Waals surface area contributed by atoms with Crippen LogP contribution in [0.15, 0.2) is 0 Å². The zero-order valence-corrected chi connectivity index (χ0v) is 13.0. The molecule has 2 saturated heterocycles. The van der Waals surface area contributed by atoms with Crippen molar-refractivity contribution in [2.24, 2.45) is 5.92 Å². The maximum absolute atomic E-state index is 12.3. The second-order valence-corrected chi connectivity index (χ2v) is 6.62. The molecule has 0 spiro atoms. The van der Waals surface area contributed by atoms with Crippen molar-refractivity contribution in [1.82, 2.24) is 15.1 Å². The van der Waals surface area contributed by atoms with Crippen molar-refractivity contribution in [1.29, 1.82) is 0 Å². The fraction of sp³-hybridized carbons (Fsp3) is 0.867. The number of piperidine rings is 1. The van der Waals surface area contributed by atoms with Crippen LogP contribution in [0.4, 0.5) is 4.79 Å². The number of nitrogens with zero attached hydrogens (tertiary/aromatic N) is 2. The third-order valence-corrected chi connectivity index (χ3v) is 4.59. The average Bonchev–Trinajstić information content (AvgIpc) is 2.65. The predicted octanol–water partition coefficient (Wildman–Crippen LogP) is 1.37. The molecule has 2 aliphatic heterocycles. The van der Waals surface area contributed by atoms with Gasteiger partial charge in [0.1, 0.15) is 0 Å². The summed E-state index contributed by atoms with van der Waals surface area (Å²) >= 11 is 0. The number of carbonyl (C=O) groups excluding carboxylic acids is 1. The quantitative estimate of drug-likeness (QED) is 0.726. The molecular formula is C15H27N3O3. The third-order valence-electron chi connectivity index (χ3n) is 4.59. The van der Waals surface area contributed by atoms with E-state index in [2.05, 4.69) is 10.2 Å². The van der Waals surface area contributed by atoms with Crippen molar-refractivity contribution in [2.45, 2.75) is 50.6 Å². The summed E-state index contributed by atoms with van der Waals surface area (Å²) in [7, 11) is 4.05. The number of rotatable bonds is 6. The van der Waals surface area contributed by atoms with Gasteiger partial charge in [0.2, 0.25) is 0 Å². The monoisotopic (exact) mass is 297 g/mol. The van der Waals surface area contributed by atoms with E-state index in [0.717, 1.165) is 38.6 Å². The maximum Gasteiger partial charge on any atom is 0.317 e. The van der Waals surface area contributed by atoms with Crippen LogP contribution >= 0.6 is 0 Å². The fourth-order valence-electron chi connectivity index (χ4n) is 3.72. The van der Waals surface area contributed by atoms with Crippen LogP contribution in [0.1, 0.15) is 38.5 Å². The summed E-state index contributed by atoms with van der Waals surface area (Å²) < 4.78 is 0. The lowest BCUT2D eigenvalue weighted by Crippen LogP contribution is -2.51. The molecule has 6 heteroatoms. The van der Waals surface area contributed by atoms with Crippen LogP contribution in [0.25, 0.3) is 0 Å². The number of amides is 2. The standard InChI is InChI=1S/C15H27N3O3/c1-17(2)7-3-6-16-15(21)18-12-4-5-13(18)9-11(8-12)10-14(19)20/h11-13H,3-10H2,1-2H3,(H,16,21)(H,19,20). The number of urea groups is 1. The Morgan fingerprint density at radius 2 is 1.86 bits per heavy atom. The summed E-state index contributed by atoms with van der Waals surface area (Å²) in [6.45, 7) is 1.67. The van der Waals surface area contributed by atoms with E-state index in [-0.39, 0.29) is 30.5 Å². The van der Waals surface area contributed by atoms with Gasteiger partial charge in [-0.25, -0.2) is 4.79 Å². The molecule has 2 unspecified atom stereocenters. The Hall–Kier alpha value is -1.30. The molecule has 2 N–H and O–H groups in total. The van der Waals surface area contributed by atoms with E-state index < -0.39 is 5.97 Å². The Labute approximate surface area is 126 Å². The van der Waals surface area contributed by atoms with Crippen LogP contribution < -0.4 is 5.32 Å². The number of carboxylic acid groups (broad SMARTS) is 1. The second-order valence-electron chi connectivity index (χ2n) is 6.62. The van der Waals surface area contributed by atoms with Crippen LogP contribution in [-0.2, 0) is 4.79 Å². The first-order valence-electron chi connectivity index (χ1n) is 7.90. The number of fused-ring (bicyclic) bond motifs is 2. The Balaban J connectivity index is 1.79. The van der Waals surface area contributed by atoms with E-state index >= 15 is 0 Å². The van der Waals surface area contributed by atoms with Gasteiger partial charge in [-0.1, -0.05) is 0 Å². The van der Waals surface area contributed by atoms with Crippen LogP contribution in [0, 0.1) is 5.92 Å². The smallest absolute Gasteiger partial charge is 0.317 e. The number of hydrogen-bond acceptors (Lipinski definition) is 3. The minimum atomic E-state index is -0.721. The lowest BCUT2D eigenvalue weighted by atomic mass is 9.88. The normalized spacial score (nSPS) is 28.0. The first-order valence-corrected chi connectivity index (χ1v) is 7.90. The van der Waals surface area contributed by atoms with Crippen molar-refractivity contribution in [3.8, 4) is 0 Å². The largest absolute Gasteiger partial charge is 0.481 e. The molecule has 2 fully saturated rings. The molecule has 2 amide bonds. The van der Waals surface area contributed by atoms with Crippen LogP contribution in [-0.4, -0.2) is 66.2 Å². The minimum absolute atomic E-state index is 0.0371. The van der Waals surface area contributed by atoms with E-state index in [4.69, 9.17) is 5.11 Å². The van der Waals surface area contributed by atoms with Gasteiger partial charge in [-0.15, -0.1) is 0 Å². The van der Waals surface area contributed by atoms with Gasteiger partial charge in [-0.2, -0.15) is 0 Å². The molecule has 0 radical (unpaired) electrons. The van der Waals surface area contributed by atoms with Crippen molar-refractivity contribution in [3.05, 3.63) is 0 Å². The molecule has 0 saturated carbocycles. The van der Waals surface area contributed by atoms with E-state index in [1.165, 1.54) is 0 Å². The molecule has 0 aromatic heterocycles. The molecule has 0 aromatic rings. The second kappa shape index (κ2) is 7.11. The maximum atomic E-state index is 12.3. The van der Waals surface area contributed by atoms with Gasteiger partial charge >= 0.3 is 12.0 Å². The highest BCUT2D eigenvalue weighted by atomic mass is 16.4. The minimum Gasteiger partial charge on any atom is -0.481 e. The third kappa shape index (κ3) is 4.33. The number of nitrogens with one attached hydrogen (secondary N) is 1. The van der Waals surface area contributed by atoms with E-state index in [9.17, 15) is 9.59 Å². The van der Waals surface area contributed by atoms with Crippen LogP contribution in [0.3, 0.4) is 0 Å². The molecular weight excluding hydrogens is 270 g/mol. The molecule has 2 aliphatic rings. The molecule has 6 nitrogen and oxygen atoms in total. The highest BCUT2D eigenvalue weighted by Crippen LogP contribution is 2.39. The topological polar surface area (TPSA) is 72.9 Å². The van der Waals surface area contributed by atoms with Crippen molar-refractivity contribution >= 4 is 12.0 Å². The fourth-order valence-corrected chi connectivity index (χ4v) is 3.72. The number of carboxylic acids is 1. The first-order chi connectivity index (χ1) is 9.97. The summed E-state index contributed by atoms with van der Waals surface area (Å²) in [4.78, 5) is 27.3. The SMILES string of the molecule is CN(C)CCCNC(=O)N1C2CCC1CC(CC(=O)O)C2. The van der Waals surface area contributed by atoms with Crippen LogP contribution in [0.2, 0.25) is 0 Å². The summed E-state index contributed by atoms with van der Waals surface area (Å²) in [5, 5.41) is 11.9. The van der Waals surface area contributed by atoms with Crippen molar-refractivity contribution < 1.29 is 14.7 Å². The Kier molecular flexibility index (Phi) is 5.45. The van der Waals surface area contributed by atoms with Gasteiger partial charge in [0, 0.05) is 25.0 Å². The lowest BCUT2D eigenvalue weighted by molar-refractivity contribution is -0.138. The Bertz CT molecular complexity index is 372. The van der Waals surface area contributed by atoms with E-state index in [1.54, 1.807) is 0 Å². The van der Waals surface area contributed by atoms with Crippen molar-refractivity contribution in [2.75, 3.05) is 27.2 Å². The van der Waals surface area contributed by atoms with E-state index in [1.807, 2.05) is 19.0 Å². The predicted molar refractivity (Wildman–Crippen MR) is 80.2 cm³/mol. The van der Waals surface area contributed by atoms with Gasteiger partial charge in [0.05, 0.1) is 0 Å². The Morgan fingerprint density at radius 3 is 2.38 bits per heavy atom. The van der Waals surface area contributed by atoms with Gasteiger partial charge in [0.25, 0.3) is 0 Å². The zero-order valence-electron chi connectivity index (χ0n) is 13.0. The molecule has 0 aromatic carbocycles. The molecule has 120 valence electrons.